The van der Waals surface area contributed by atoms with Gasteiger partial charge in [-0.2, -0.15) is 4.72 Å². The van der Waals surface area contributed by atoms with Gasteiger partial charge in [-0.1, -0.05) is 19.9 Å². The summed E-state index contributed by atoms with van der Waals surface area (Å²) in [6.07, 6.45) is 4.33. The highest BCUT2D eigenvalue weighted by Gasteiger charge is 2.29. The van der Waals surface area contributed by atoms with Gasteiger partial charge in [0.05, 0.1) is 4.90 Å². The van der Waals surface area contributed by atoms with Crippen LogP contribution < -0.4 is 10.2 Å². The Morgan fingerprint density at radius 2 is 1.92 bits per heavy atom. The monoisotopic (exact) mass is 379 g/mol. The predicted molar refractivity (Wildman–Crippen MR) is 98.4 cm³/mol. The lowest BCUT2D eigenvalue weighted by molar-refractivity contribution is -0.131. The molecule has 0 spiro atoms. The summed E-state index contributed by atoms with van der Waals surface area (Å²) < 4.78 is 30.0. The fourth-order valence-corrected chi connectivity index (χ4v) is 5.07. The van der Waals surface area contributed by atoms with Gasteiger partial charge in [0.25, 0.3) is 5.91 Å². The summed E-state index contributed by atoms with van der Waals surface area (Å²) in [6, 6.07) is 4.03. The Kier molecular flexibility index (Phi) is 5.09. The maximum absolute atomic E-state index is 12.8. The average molecular weight is 379 g/mol. The van der Waals surface area contributed by atoms with E-state index in [2.05, 4.69) is 9.29 Å². The van der Waals surface area contributed by atoms with Crippen molar-refractivity contribution in [2.45, 2.75) is 50.5 Å². The molecule has 8 heteroatoms. The van der Waals surface area contributed by atoms with E-state index in [0.29, 0.717) is 0 Å². The van der Waals surface area contributed by atoms with Crippen molar-refractivity contribution < 1.29 is 18.4 Å². The van der Waals surface area contributed by atoms with Crippen molar-refractivity contribution in [1.29, 1.82) is 0 Å². The number of benzene rings is 1. The first-order valence-corrected chi connectivity index (χ1v) is 10.3. The number of nitrogens with one attached hydrogen (secondary N) is 2. The Balaban J connectivity index is 2.01. The predicted octanol–water partition coefficient (Wildman–Crippen LogP) is 1.87. The van der Waals surface area contributed by atoms with Gasteiger partial charge in [-0.3, -0.25) is 10.0 Å². The Morgan fingerprint density at radius 1 is 1.23 bits per heavy atom. The van der Waals surface area contributed by atoms with Crippen LogP contribution in [0.4, 0.5) is 0 Å². The molecular weight excluding hydrogens is 354 g/mol. The van der Waals surface area contributed by atoms with E-state index in [-0.39, 0.29) is 10.8 Å². The summed E-state index contributed by atoms with van der Waals surface area (Å²) in [5.41, 5.74) is 4.99. The second-order valence-electron chi connectivity index (χ2n) is 7.19. The third-order valence-electron chi connectivity index (χ3n) is 5.15. The van der Waals surface area contributed by atoms with Crippen LogP contribution in [0.15, 0.2) is 23.1 Å². The van der Waals surface area contributed by atoms with Gasteiger partial charge in [0.1, 0.15) is 6.04 Å². The van der Waals surface area contributed by atoms with E-state index in [9.17, 15) is 13.2 Å². The van der Waals surface area contributed by atoms with Crippen molar-refractivity contribution >= 4 is 26.8 Å². The van der Waals surface area contributed by atoms with Crippen LogP contribution in [-0.4, -0.2) is 30.1 Å². The smallest absolute Gasteiger partial charge is 0.261 e. The van der Waals surface area contributed by atoms with Crippen molar-refractivity contribution in [1.82, 2.24) is 14.8 Å². The minimum Gasteiger partial charge on any atom is -0.347 e. The van der Waals surface area contributed by atoms with Crippen molar-refractivity contribution in [3.05, 3.63) is 29.5 Å². The van der Waals surface area contributed by atoms with Gasteiger partial charge < -0.3 is 4.57 Å². The zero-order valence-corrected chi connectivity index (χ0v) is 16.1. The standard InChI is InChI=1S/C18H25N3O4S/c1-11(2)17(18(22)19-23)20-26(24,25)12-8-9-14-13-6-4-5-7-15(13)21(3)16(14)10-12/h8-11,17,20,23H,4-7H2,1-3H3,(H,19,22)/t17-/m1/s1. The summed E-state index contributed by atoms with van der Waals surface area (Å²) in [5.74, 6) is -1.10. The number of amides is 1. The molecule has 0 saturated carbocycles. The second kappa shape index (κ2) is 7.02. The lowest BCUT2D eigenvalue weighted by Crippen LogP contribution is -2.48. The first-order chi connectivity index (χ1) is 12.3. The first-order valence-electron chi connectivity index (χ1n) is 8.82. The van der Waals surface area contributed by atoms with Crippen LogP contribution in [0, 0.1) is 5.92 Å². The minimum atomic E-state index is -3.90. The van der Waals surface area contributed by atoms with Gasteiger partial charge in [0.15, 0.2) is 0 Å². The fraction of sp³-hybridized carbons (Fsp3) is 0.500. The number of hydrogen-bond donors (Lipinski definition) is 3. The summed E-state index contributed by atoms with van der Waals surface area (Å²) in [7, 11) is -1.94. The van der Waals surface area contributed by atoms with Crippen LogP contribution >= 0.6 is 0 Å². The highest BCUT2D eigenvalue weighted by molar-refractivity contribution is 7.89. The maximum atomic E-state index is 12.8. The van der Waals surface area contributed by atoms with Gasteiger partial charge in [-0.15, -0.1) is 0 Å². The van der Waals surface area contributed by atoms with Crippen LogP contribution in [-0.2, 0) is 34.7 Å². The van der Waals surface area contributed by atoms with Crippen LogP contribution in [0.5, 0.6) is 0 Å². The van der Waals surface area contributed by atoms with Crippen molar-refractivity contribution in [2.75, 3.05) is 0 Å². The van der Waals surface area contributed by atoms with E-state index in [4.69, 9.17) is 5.21 Å². The molecule has 0 radical (unpaired) electrons. The van der Waals surface area contributed by atoms with Gasteiger partial charge in [-0.25, -0.2) is 13.9 Å². The molecule has 0 aliphatic heterocycles. The molecule has 1 atom stereocenters. The average Bonchev–Trinajstić information content (AvgIpc) is 2.91. The lowest BCUT2D eigenvalue weighted by atomic mass is 9.96. The van der Waals surface area contributed by atoms with Crippen LogP contribution in [0.1, 0.15) is 37.9 Å². The molecule has 1 aliphatic carbocycles. The number of hydrogen-bond acceptors (Lipinski definition) is 4. The Bertz CT molecular complexity index is 947. The molecule has 2 aromatic rings. The zero-order valence-electron chi connectivity index (χ0n) is 15.2. The van der Waals surface area contributed by atoms with Gasteiger partial charge in [-0.05, 0) is 49.3 Å². The molecular formula is C18H25N3O4S. The summed E-state index contributed by atoms with van der Waals surface area (Å²) in [5, 5.41) is 9.95. The van der Waals surface area contributed by atoms with E-state index in [1.165, 1.54) is 16.7 Å². The molecule has 0 saturated heterocycles. The Labute approximate surface area is 153 Å². The van der Waals surface area contributed by atoms with Crippen molar-refractivity contribution in [2.24, 2.45) is 13.0 Å². The summed E-state index contributed by atoms with van der Waals surface area (Å²) in [4.78, 5) is 11.9. The number of sulfonamides is 1. The molecule has 1 aromatic carbocycles. The fourth-order valence-electron chi connectivity index (χ4n) is 3.70. The van der Waals surface area contributed by atoms with E-state index in [0.717, 1.165) is 36.6 Å². The van der Waals surface area contributed by atoms with E-state index < -0.39 is 22.0 Å². The topological polar surface area (TPSA) is 100 Å². The number of rotatable bonds is 5. The van der Waals surface area contributed by atoms with E-state index in [1.807, 2.05) is 13.1 Å². The number of aromatic nitrogens is 1. The van der Waals surface area contributed by atoms with Crippen molar-refractivity contribution in [3.8, 4) is 0 Å². The van der Waals surface area contributed by atoms with Gasteiger partial charge in [0.2, 0.25) is 10.0 Å². The quantitative estimate of drug-likeness (QED) is 0.545. The van der Waals surface area contributed by atoms with E-state index >= 15 is 0 Å². The maximum Gasteiger partial charge on any atom is 0.261 e. The number of hydroxylamine groups is 1. The second-order valence-corrected chi connectivity index (χ2v) is 8.90. The Morgan fingerprint density at radius 3 is 2.58 bits per heavy atom. The number of fused-ring (bicyclic) bond motifs is 3. The molecule has 0 unspecified atom stereocenters. The van der Waals surface area contributed by atoms with Crippen LogP contribution in [0.25, 0.3) is 10.9 Å². The molecule has 3 rings (SSSR count). The van der Waals surface area contributed by atoms with Gasteiger partial charge >= 0.3 is 0 Å². The number of nitrogens with zero attached hydrogens (tertiary/aromatic N) is 1. The molecule has 0 fully saturated rings. The van der Waals surface area contributed by atoms with Gasteiger partial charge in [0, 0.05) is 23.6 Å². The first kappa shape index (κ1) is 18.9. The number of carbonyl (C=O) groups excluding carboxylic acids is 1. The molecule has 7 nitrogen and oxygen atoms in total. The molecule has 1 aliphatic rings. The third-order valence-corrected chi connectivity index (χ3v) is 6.59. The zero-order chi connectivity index (χ0) is 19.1. The largest absolute Gasteiger partial charge is 0.347 e. The van der Waals surface area contributed by atoms with E-state index in [1.54, 1.807) is 26.0 Å². The molecule has 3 N–H and O–H groups in total. The highest BCUT2D eigenvalue weighted by Crippen LogP contribution is 2.32. The number of carbonyl (C=O) groups is 1. The van der Waals surface area contributed by atoms with Crippen molar-refractivity contribution in [3.63, 3.8) is 0 Å². The summed E-state index contributed by atoms with van der Waals surface area (Å²) in [6.45, 7) is 3.41. The van der Waals surface area contributed by atoms with Crippen LogP contribution in [0.2, 0.25) is 0 Å². The summed E-state index contributed by atoms with van der Waals surface area (Å²) >= 11 is 0. The lowest BCUT2D eigenvalue weighted by Gasteiger charge is -2.20. The molecule has 26 heavy (non-hydrogen) atoms. The molecule has 142 valence electrons. The number of aryl methyl sites for hydroxylation is 2. The Hall–Kier alpha value is -1.90. The SMILES string of the molecule is CC(C)[C@@H](NS(=O)(=O)c1ccc2c3c(n(C)c2c1)CCCC3)C(=O)NO. The third kappa shape index (κ3) is 3.24. The highest BCUT2D eigenvalue weighted by atomic mass is 32.2. The minimum absolute atomic E-state index is 0.110. The van der Waals surface area contributed by atoms with Crippen LogP contribution in [0.3, 0.4) is 0 Å². The molecule has 1 aromatic heterocycles. The molecule has 1 heterocycles. The molecule has 0 bridgehead atoms. The molecule has 1 amide bonds. The normalized spacial score (nSPS) is 15.9.